The van der Waals surface area contributed by atoms with Crippen LogP contribution in [0.4, 0.5) is 0 Å². The molecular weight excluding hydrogens is 288 g/mol. The van der Waals surface area contributed by atoms with Crippen molar-refractivity contribution < 1.29 is 19.1 Å². The fraction of sp³-hybridized carbons (Fsp3) is 0.188. The van der Waals surface area contributed by atoms with Gasteiger partial charge in [-0.15, -0.1) is 11.3 Å². The number of benzene rings is 1. The zero-order chi connectivity index (χ0) is 15.4. The van der Waals surface area contributed by atoms with Crippen molar-refractivity contribution in [1.29, 1.82) is 0 Å². The molecular formula is C16H14O4S. The Morgan fingerprint density at radius 1 is 1.05 bits per heavy atom. The van der Waals surface area contributed by atoms with E-state index in [2.05, 4.69) is 0 Å². The Balaban J connectivity index is 2.02. The summed E-state index contributed by atoms with van der Waals surface area (Å²) in [7, 11) is 0. The zero-order valence-electron chi connectivity index (χ0n) is 11.7. The lowest BCUT2D eigenvalue weighted by atomic mass is 10.1. The predicted octanol–water partition coefficient (Wildman–Crippen LogP) is 3.51. The first-order chi connectivity index (χ1) is 9.97. The van der Waals surface area contributed by atoms with E-state index in [9.17, 15) is 14.4 Å². The first-order valence-electron chi connectivity index (χ1n) is 6.34. The van der Waals surface area contributed by atoms with Crippen LogP contribution < -0.4 is 0 Å². The quantitative estimate of drug-likeness (QED) is 0.626. The Labute approximate surface area is 126 Å². The Morgan fingerprint density at radius 2 is 1.76 bits per heavy atom. The first-order valence-corrected chi connectivity index (χ1v) is 7.22. The van der Waals surface area contributed by atoms with E-state index < -0.39 is 5.97 Å². The summed E-state index contributed by atoms with van der Waals surface area (Å²) in [5, 5.41) is 1.63. The minimum atomic E-state index is -0.472. The first kappa shape index (κ1) is 15.1. The third kappa shape index (κ3) is 3.86. The van der Waals surface area contributed by atoms with Gasteiger partial charge in [-0.25, -0.2) is 4.79 Å². The number of carbonyl (C=O) groups excluding carboxylic acids is 3. The molecule has 2 rings (SSSR count). The summed E-state index contributed by atoms with van der Waals surface area (Å²) in [5.74, 6) is -0.590. The summed E-state index contributed by atoms with van der Waals surface area (Å²) in [6.07, 6.45) is 0. The second-order valence-electron chi connectivity index (χ2n) is 4.59. The molecule has 0 saturated heterocycles. The van der Waals surface area contributed by atoms with Gasteiger partial charge < -0.3 is 4.74 Å². The summed E-state index contributed by atoms with van der Waals surface area (Å²) in [6, 6.07) is 8.48. The van der Waals surface area contributed by atoms with Gasteiger partial charge >= 0.3 is 5.97 Å². The lowest BCUT2D eigenvalue weighted by molar-refractivity contribution is 0.0478. The van der Waals surface area contributed by atoms with E-state index in [1.165, 1.54) is 31.3 Å². The van der Waals surface area contributed by atoms with E-state index in [0.29, 0.717) is 16.0 Å². The number of thiophene rings is 1. The van der Waals surface area contributed by atoms with Gasteiger partial charge in [0.15, 0.2) is 11.6 Å². The van der Waals surface area contributed by atoms with Gasteiger partial charge in [-0.05, 0) is 31.5 Å². The summed E-state index contributed by atoms with van der Waals surface area (Å²) in [4.78, 5) is 34.7. The number of esters is 1. The third-order valence-corrected chi connectivity index (χ3v) is 3.82. The number of hydrogen-bond acceptors (Lipinski definition) is 5. The summed E-state index contributed by atoms with van der Waals surface area (Å²) >= 11 is 1.18. The molecule has 1 heterocycles. The van der Waals surface area contributed by atoms with E-state index >= 15 is 0 Å². The molecule has 0 fully saturated rings. The zero-order valence-corrected chi connectivity index (χ0v) is 12.5. The van der Waals surface area contributed by atoms with Gasteiger partial charge in [-0.1, -0.05) is 18.2 Å². The number of carbonyl (C=O) groups is 3. The van der Waals surface area contributed by atoms with Crippen molar-refractivity contribution in [3.63, 3.8) is 0 Å². The Kier molecular flexibility index (Phi) is 4.65. The van der Waals surface area contributed by atoms with Crippen LogP contribution in [0.2, 0.25) is 0 Å². The SMILES string of the molecule is CC(=O)c1cccc(COC(=O)c2cc(C(C)=O)cs2)c1. The minimum absolute atomic E-state index is 0.0347. The van der Waals surface area contributed by atoms with Gasteiger partial charge in [-0.2, -0.15) is 0 Å². The molecule has 0 aliphatic carbocycles. The van der Waals surface area contributed by atoms with E-state index in [0.717, 1.165) is 5.56 Å². The summed E-state index contributed by atoms with van der Waals surface area (Å²) in [6.45, 7) is 3.03. The van der Waals surface area contributed by atoms with Crippen LogP contribution in [-0.4, -0.2) is 17.5 Å². The van der Waals surface area contributed by atoms with Crippen molar-refractivity contribution in [3.05, 3.63) is 57.3 Å². The summed E-state index contributed by atoms with van der Waals surface area (Å²) < 4.78 is 5.19. The van der Waals surface area contributed by atoms with E-state index in [-0.39, 0.29) is 18.2 Å². The highest BCUT2D eigenvalue weighted by Crippen LogP contribution is 2.17. The maximum atomic E-state index is 11.9. The van der Waals surface area contributed by atoms with Gasteiger partial charge in [0.2, 0.25) is 0 Å². The molecule has 4 nitrogen and oxygen atoms in total. The fourth-order valence-corrected chi connectivity index (χ4v) is 2.57. The van der Waals surface area contributed by atoms with Crippen LogP contribution in [0.5, 0.6) is 0 Å². The molecule has 0 saturated carbocycles. The minimum Gasteiger partial charge on any atom is -0.457 e. The molecule has 0 spiro atoms. The molecule has 0 atom stereocenters. The van der Waals surface area contributed by atoms with Gasteiger partial charge in [-0.3, -0.25) is 9.59 Å². The van der Waals surface area contributed by atoms with Crippen LogP contribution in [0.3, 0.4) is 0 Å². The Bertz CT molecular complexity index is 700. The van der Waals surface area contributed by atoms with E-state index in [1.54, 1.807) is 29.6 Å². The second-order valence-corrected chi connectivity index (χ2v) is 5.50. The Hall–Kier alpha value is -2.27. The number of Topliss-reactive ketones (excluding diaryl/α,β-unsaturated/α-hetero) is 2. The van der Waals surface area contributed by atoms with Crippen molar-refractivity contribution in [3.8, 4) is 0 Å². The molecule has 108 valence electrons. The van der Waals surface area contributed by atoms with Crippen molar-refractivity contribution in [1.82, 2.24) is 0 Å². The van der Waals surface area contributed by atoms with Crippen LogP contribution in [0.15, 0.2) is 35.7 Å². The molecule has 2 aromatic rings. The standard InChI is InChI=1S/C16H14O4S/c1-10(17)13-5-3-4-12(6-13)8-20-16(19)15-7-14(9-21-15)11(2)18/h3-7,9H,8H2,1-2H3. The molecule has 21 heavy (non-hydrogen) atoms. The molecule has 5 heteroatoms. The highest BCUT2D eigenvalue weighted by atomic mass is 32.1. The summed E-state index contributed by atoms with van der Waals surface area (Å²) in [5.41, 5.74) is 1.84. The predicted molar refractivity (Wildman–Crippen MR) is 79.9 cm³/mol. The van der Waals surface area contributed by atoms with Crippen LogP contribution in [-0.2, 0) is 11.3 Å². The van der Waals surface area contributed by atoms with Crippen LogP contribution in [0.1, 0.15) is 49.8 Å². The molecule has 0 aliphatic rings. The van der Waals surface area contributed by atoms with Crippen LogP contribution >= 0.6 is 11.3 Å². The van der Waals surface area contributed by atoms with Gasteiger partial charge in [0.05, 0.1) is 0 Å². The molecule has 0 unspecified atom stereocenters. The number of ketones is 2. The van der Waals surface area contributed by atoms with Gasteiger partial charge in [0.1, 0.15) is 11.5 Å². The third-order valence-electron chi connectivity index (χ3n) is 2.91. The smallest absolute Gasteiger partial charge is 0.348 e. The lowest BCUT2D eigenvalue weighted by Gasteiger charge is -2.04. The molecule has 0 radical (unpaired) electrons. The van der Waals surface area contributed by atoms with Crippen molar-refractivity contribution >= 4 is 28.9 Å². The molecule has 0 amide bonds. The normalized spacial score (nSPS) is 10.2. The number of hydrogen-bond donors (Lipinski definition) is 0. The van der Waals surface area contributed by atoms with Gasteiger partial charge in [0.25, 0.3) is 0 Å². The Morgan fingerprint density at radius 3 is 2.38 bits per heavy atom. The average molecular weight is 302 g/mol. The molecule has 0 aliphatic heterocycles. The van der Waals surface area contributed by atoms with Gasteiger partial charge in [0, 0.05) is 16.5 Å². The van der Waals surface area contributed by atoms with Crippen molar-refractivity contribution in [2.24, 2.45) is 0 Å². The molecule has 0 bridgehead atoms. The van der Waals surface area contributed by atoms with Crippen molar-refractivity contribution in [2.75, 3.05) is 0 Å². The highest BCUT2D eigenvalue weighted by molar-refractivity contribution is 7.12. The maximum absolute atomic E-state index is 11.9. The van der Waals surface area contributed by atoms with E-state index in [1.807, 2.05) is 0 Å². The lowest BCUT2D eigenvalue weighted by Crippen LogP contribution is -2.04. The molecule has 1 aromatic heterocycles. The van der Waals surface area contributed by atoms with Crippen LogP contribution in [0.25, 0.3) is 0 Å². The highest BCUT2D eigenvalue weighted by Gasteiger charge is 2.13. The largest absolute Gasteiger partial charge is 0.457 e. The topological polar surface area (TPSA) is 60.4 Å². The van der Waals surface area contributed by atoms with E-state index in [4.69, 9.17) is 4.74 Å². The second kappa shape index (κ2) is 6.45. The van der Waals surface area contributed by atoms with Crippen molar-refractivity contribution in [2.45, 2.75) is 20.5 Å². The van der Waals surface area contributed by atoms with Crippen LogP contribution in [0, 0.1) is 0 Å². The average Bonchev–Trinajstić information content (AvgIpc) is 2.95. The number of ether oxygens (including phenoxy) is 1. The maximum Gasteiger partial charge on any atom is 0.348 e. The molecule has 0 N–H and O–H groups in total. The fourth-order valence-electron chi connectivity index (χ4n) is 1.73. The number of rotatable bonds is 5. The monoisotopic (exact) mass is 302 g/mol. The molecule has 1 aromatic carbocycles.